The largest absolute Gasteiger partial charge is 0.464 e. The van der Waals surface area contributed by atoms with E-state index in [1.54, 1.807) is 6.92 Å². The smallest absolute Gasteiger partial charge is 0.338 e. The number of hydrogen-bond donors (Lipinski definition) is 2. The molecule has 17 heavy (non-hydrogen) atoms. The maximum absolute atomic E-state index is 13.5. The van der Waals surface area contributed by atoms with Crippen molar-refractivity contribution in [3.63, 3.8) is 0 Å². The van der Waals surface area contributed by atoms with Gasteiger partial charge in [0.1, 0.15) is 11.9 Å². The molecule has 0 bridgehead atoms. The maximum atomic E-state index is 13.5. The fourth-order valence-corrected chi connectivity index (χ4v) is 1.88. The lowest BCUT2D eigenvalue weighted by molar-refractivity contribution is -0.159. The first-order valence-electron chi connectivity index (χ1n) is 4.95. The van der Waals surface area contributed by atoms with E-state index in [0.29, 0.717) is 0 Å². The Bertz CT molecular complexity index is 390. The van der Waals surface area contributed by atoms with Gasteiger partial charge in [-0.3, -0.25) is 0 Å². The van der Waals surface area contributed by atoms with Crippen molar-refractivity contribution in [2.45, 2.75) is 19.1 Å². The molecule has 6 heteroatoms. The van der Waals surface area contributed by atoms with Crippen molar-refractivity contribution in [3.05, 3.63) is 34.1 Å². The van der Waals surface area contributed by atoms with Crippen LogP contribution in [-0.2, 0) is 9.53 Å². The van der Waals surface area contributed by atoms with E-state index >= 15 is 0 Å². The summed E-state index contributed by atoms with van der Waals surface area (Å²) < 4.78 is 18.3. The lowest BCUT2D eigenvalue weighted by atomic mass is 10.0. The average Bonchev–Trinajstić information content (AvgIpc) is 2.27. The number of carbonyl (C=O) groups excluding carboxylic acids is 1. The van der Waals surface area contributed by atoms with E-state index in [1.807, 2.05) is 0 Å². The molecule has 0 aliphatic heterocycles. The van der Waals surface area contributed by atoms with Crippen LogP contribution in [-0.4, -0.2) is 28.9 Å². The molecular formula is C11H12BrFO4. The SMILES string of the molecule is CCOC(=O)C(O)C(O)c1c(F)cccc1Br. The molecule has 1 aromatic carbocycles. The van der Waals surface area contributed by atoms with E-state index in [0.717, 1.165) is 6.07 Å². The molecule has 2 unspecified atom stereocenters. The first-order chi connectivity index (χ1) is 7.99. The van der Waals surface area contributed by atoms with Crippen molar-refractivity contribution in [3.8, 4) is 0 Å². The van der Waals surface area contributed by atoms with Gasteiger partial charge in [-0.25, -0.2) is 9.18 Å². The van der Waals surface area contributed by atoms with Crippen LogP contribution in [0.2, 0.25) is 0 Å². The zero-order valence-electron chi connectivity index (χ0n) is 9.06. The summed E-state index contributed by atoms with van der Waals surface area (Å²) in [6.45, 7) is 1.64. The molecule has 94 valence electrons. The third-order valence-electron chi connectivity index (χ3n) is 2.12. The van der Waals surface area contributed by atoms with Crippen molar-refractivity contribution in [2.24, 2.45) is 0 Å². The number of hydrogen-bond acceptors (Lipinski definition) is 4. The molecule has 0 aliphatic rings. The van der Waals surface area contributed by atoms with Crippen molar-refractivity contribution >= 4 is 21.9 Å². The molecule has 0 fully saturated rings. The van der Waals surface area contributed by atoms with E-state index in [9.17, 15) is 19.4 Å². The lowest BCUT2D eigenvalue weighted by Gasteiger charge is -2.18. The molecule has 0 aromatic heterocycles. The van der Waals surface area contributed by atoms with E-state index in [4.69, 9.17) is 0 Å². The maximum Gasteiger partial charge on any atom is 0.338 e. The number of benzene rings is 1. The van der Waals surface area contributed by atoms with Crippen molar-refractivity contribution in [1.82, 2.24) is 0 Å². The third-order valence-corrected chi connectivity index (χ3v) is 2.81. The molecule has 0 amide bonds. The second-order valence-electron chi connectivity index (χ2n) is 3.28. The topological polar surface area (TPSA) is 66.8 Å². The van der Waals surface area contributed by atoms with Crippen molar-refractivity contribution in [1.29, 1.82) is 0 Å². The lowest BCUT2D eigenvalue weighted by Crippen LogP contribution is -2.30. The van der Waals surface area contributed by atoms with Crippen LogP contribution in [0.3, 0.4) is 0 Å². The highest BCUT2D eigenvalue weighted by atomic mass is 79.9. The standard InChI is InChI=1S/C11H12BrFO4/c1-2-17-11(16)10(15)9(14)8-6(12)4-3-5-7(8)13/h3-5,9-10,14-15H,2H2,1H3. The monoisotopic (exact) mass is 306 g/mol. The van der Waals surface area contributed by atoms with Crippen molar-refractivity contribution in [2.75, 3.05) is 6.61 Å². The number of halogens is 2. The van der Waals surface area contributed by atoms with Gasteiger partial charge in [-0.15, -0.1) is 0 Å². The van der Waals surface area contributed by atoms with Crippen LogP contribution >= 0.6 is 15.9 Å². The van der Waals surface area contributed by atoms with Gasteiger partial charge in [0.05, 0.1) is 6.61 Å². The molecule has 0 saturated heterocycles. The average molecular weight is 307 g/mol. The number of carbonyl (C=O) groups is 1. The second kappa shape index (κ2) is 6.09. The number of ether oxygens (including phenoxy) is 1. The zero-order valence-corrected chi connectivity index (χ0v) is 10.6. The summed E-state index contributed by atoms with van der Waals surface area (Å²) in [5.74, 6) is -1.70. The zero-order chi connectivity index (χ0) is 13.0. The summed E-state index contributed by atoms with van der Waals surface area (Å²) in [6, 6.07) is 4.06. The fraction of sp³-hybridized carbons (Fsp3) is 0.364. The van der Waals surface area contributed by atoms with Gasteiger partial charge < -0.3 is 14.9 Å². The van der Waals surface area contributed by atoms with E-state index in [1.165, 1.54) is 12.1 Å². The Labute approximate surface area is 106 Å². The molecule has 4 nitrogen and oxygen atoms in total. The minimum Gasteiger partial charge on any atom is -0.464 e. The highest BCUT2D eigenvalue weighted by Crippen LogP contribution is 2.28. The highest BCUT2D eigenvalue weighted by Gasteiger charge is 2.30. The molecule has 0 saturated carbocycles. The number of aliphatic hydroxyl groups excluding tert-OH is 2. The van der Waals surface area contributed by atoms with Gasteiger partial charge in [0, 0.05) is 10.0 Å². The molecule has 2 atom stereocenters. The quantitative estimate of drug-likeness (QED) is 0.828. The summed E-state index contributed by atoms with van der Waals surface area (Å²) in [5.41, 5.74) is -0.173. The summed E-state index contributed by atoms with van der Waals surface area (Å²) in [5, 5.41) is 19.2. The molecule has 0 spiro atoms. The van der Waals surface area contributed by atoms with Crippen LogP contribution in [0.15, 0.2) is 22.7 Å². The van der Waals surface area contributed by atoms with E-state index in [2.05, 4.69) is 20.7 Å². The van der Waals surface area contributed by atoms with E-state index < -0.39 is 24.0 Å². The number of esters is 1. The normalized spacial score (nSPS) is 14.2. The van der Waals surface area contributed by atoms with Crippen LogP contribution < -0.4 is 0 Å². The van der Waals surface area contributed by atoms with Crippen LogP contribution in [0.5, 0.6) is 0 Å². The predicted molar refractivity (Wildman–Crippen MR) is 61.7 cm³/mol. The van der Waals surface area contributed by atoms with E-state index in [-0.39, 0.29) is 16.6 Å². The highest BCUT2D eigenvalue weighted by molar-refractivity contribution is 9.10. The Morgan fingerprint density at radius 3 is 2.71 bits per heavy atom. The molecule has 0 radical (unpaired) electrons. The summed E-state index contributed by atoms with van der Waals surface area (Å²) in [7, 11) is 0. The Morgan fingerprint density at radius 1 is 1.53 bits per heavy atom. The predicted octanol–water partition coefficient (Wildman–Crippen LogP) is 1.55. The third kappa shape index (κ3) is 3.24. The van der Waals surface area contributed by atoms with Crippen LogP contribution in [0.4, 0.5) is 4.39 Å². The van der Waals surface area contributed by atoms with Gasteiger partial charge in [-0.1, -0.05) is 22.0 Å². The Balaban J connectivity index is 2.96. The summed E-state index contributed by atoms with van der Waals surface area (Å²) >= 11 is 3.04. The van der Waals surface area contributed by atoms with Crippen LogP contribution in [0.1, 0.15) is 18.6 Å². The Morgan fingerprint density at radius 2 is 2.18 bits per heavy atom. The minimum absolute atomic E-state index is 0.0705. The first-order valence-corrected chi connectivity index (χ1v) is 5.75. The van der Waals surface area contributed by atoms with Crippen LogP contribution in [0, 0.1) is 5.82 Å². The molecular weight excluding hydrogens is 295 g/mol. The van der Waals surface area contributed by atoms with Gasteiger partial charge in [0.15, 0.2) is 6.10 Å². The Hall–Kier alpha value is -0.980. The van der Waals surface area contributed by atoms with Gasteiger partial charge in [-0.2, -0.15) is 0 Å². The second-order valence-corrected chi connectivity index (χ2v) is 4.13. The first kappa shape index (κ1) is 14.1. The molecule has 1 aromatic rings. The summed E-state index contributed by atoms with van der Waals surface area (Å²) in [6.07, 6.45) is -3.49. The Kier molecular flexibility index (Phi) is 5.04. The van der Waals surface area contributed by atoms with Gasteiger partial charge >= 0.3 is 5.97 Å². The molecule has 2 N–H and O–H groups in total. The number of aliphatic hydroxyl groups is 2. The van der Waals surface area contributed by atoms with Gasteiger partial charge in [0.25, 0.3) is 0 Å². The molecule has 1 rings (SSSR count). The number of rotatable bonds is 4. The minimum atomic E-state index is -1.82. The fourth-order valence-electron chi connectivity index (χ4n) is 1.31. The molecule has 0 aliphatic carbocycles. The van der Waals surface area contributed by atoms with Gasteiger partial charge in [-0.05, 0) is 19.1 Å². The van der Waals surface area contributed by atoms with Crippen LogP contribution in [0.25, 0.3) is 0 Å². The molecule has 0 heterocycles. The van der Waals surface area contributed by atoms with Crippen molar-refractivity contribution < 1.29 is 24.1 Å². The van der Waals surface area contributed by atoms with Gasteiger partial charge in [0.2, 0.25) is 0 Å². The summed E-state index contributed by atoms with van der Waals surface area (Å²) in [4.78, 5) is 11.2.